The Labute approximate surface area is 99.5 Å². The van der Waals surface area contributed by atoms with Crippen LogP contribution in [0.15, 0.2) is 29.2 Å². The first-order valence-corrected chi connectivity index (χ1v) is 6.64. The molecule has 1 rings (SSSR count). The molecule has 0 bridgehead atoms. The smallest absolute Gasteiger partial charge is 0.339 e. The second-order valence-corrected chi connectivity index (χ2v) is 5.49. The van der Waals surface area contributed by atoms with Gasteiger partial charge in [0, 0.05) is 6.26 Å². The van der Waals surface area contributed by atoms with Crippen LogP contribution in [0.2, 0.25) is 0 Å². The normalized spacial score (nSPS) is 12.5. The van der Waals surface area contributed by atoms with Crippen molar-refractivity contribution < 1.29 is 17.9 Å². The van der Waals surface area contributed by atoms with Gasteiger partial charge in [-0.05, 0) is 31.2 Å². The Morgan fingerprint density at radius 1 is 1.35 bits per heavy atom. The van der Waals surface area contributed by atoms with Crippen LogP contribution in [0.1, 0.15) is 17.3 Å². The predicted molar refractivity (Wildman–Crippen MR) is 60.0 cm³/mol. The zero-order chi connectivity index (χ0) is 13.1. The zero-order valence-corrected chi connectivity index (χ0v) is 10.2. The first-order valence-electron chi connectivity index (χ1n) is 4.75. The van der Waals surface area contributed by atoms with Gasteiger partial charge < -0.3 is 4.74 Å². The number of rotatable bonds is 3. The van der Waals surface area contributed by atoms with Gasteiger partial charge in [0.05, 0.1) is 10.5 Å². The minimum absolute atomic E-state index is 0.127. The maximum Gasteiger partial charge on any atom is 0.339 e. The van der Waals surface area contributed by atoms with Gasteiger partial charge in [0.25, 0.3) is 0 Å². The highest BCUT2D eigenvalue weighted by molar-refractivity contribution is 7.90. The molecular formula is C11H11NO4S. The number of nitrogens with zero attached hydrogens (tertiary/aromatic N) is 1. The molecule has 1 aromatic rings. The van der Waals surface area contributed by atoms with Gasteiger partial charge in [0.1, 0.15) is 6.07 Å². The minimum atomic E-state index is -3.28. The summed E-state index contributed by atoms with van der Waals surface area (Å²) in [5, 5.41) is 8.47. The highest BCUT2D eigenvalue weighted by Gasteiger charge is 2.13. The van der Waals surface area contributed by atoms with Gasteiger partial charge in [-0.3, -0.25) is 0 Å². The molecule has 6 heteroatoms. The molecule has 0 saturated carbocycles. The van der Waals surface area contributed by atoms with E-state index < -0.39 is 21.9 Å². The molecule has 0 aliphatic heterocycles. The maximum atomic E-state index is 11.5. The van der Waals surface area contributed by atoms with Gasteiger partial charge in [-0.25, -0.2) is 13.2 Å². The van der Waals surface area contributed by atoms with Gasteiger partial charge in [-0.15, -0.1) is 0 Å². The molecular weight excluding hydrogens is 242 g/mol. The highest BCUT2D eigenvalue weighted by Crippen LogP contribution is 2.11. The Hall–Kier alpha value is -1.87. The number of hydrogen-bond donors (Lipinski definition) is 0. The number of esters is 1. The summed E-state index contributed by atoms with van der Waals surface area (Å²) in [6, 6.07) is 7.11. The van der Waals surface area contributed by atoms with Gasteiger partial charge in [-0.1, -0.05) is 0 Å². The van der Waals surface area contributed by atoms with Crippen molar-refractivity contribution in [2.24, 2.45) is 0 Å². The SMILES string of the molecule is C[C@@H](C#N)OC(=O)c1ccc(S(C)(=O)=O)cc1. The molecule has 0 N–H and O–H groups in total. The third kappa shape index (κ3) is 3.57. The Morgan fingerprint density at radius 3 is 2.29 bits per heavy atom. The second kappa shape index (κ2) is 4.97. The summed E-state index contributed by atoms with van der Waals surface area (Å²) < 4.78 is 27.1. The van der Waals surface area contributed by atoms with Crippen molar-refractivity contribution in [3.8, 4) is 6.07 Å². The molecule has 5 nitrogen and oxygen atoms in total. The van der Waals surface area contributed by atoms with Crippen LogP contribution in [0.25, 0.3) is 0 Å². The molecule has 17 heavy (non-hydrogen) atoms. The molecule has 0 amide bonds. The van der Waals surface area contributed by atoms with Crippen LogP contribution in [0.5, 0.6) is 0 Å². The molecule has 0 radical (unpaired) electrons. The number of carbonyl (C=O) groups is 1. The molecule has 1 aromatic carbocycles. The summed E-state index contributed by atoms with van der Waals surface area (Å²) in [7, 11) is -3.28. The fraction of sp³-hybridized carbons (Fsp3) is 0.273. The van der Waals surface area contributed by atoms with Crippen molar-refractivity contribution in [3.05, 3.63) is 29.8 Å². The van der Waals surface area contributed by atoms with Gasteiger partial charge in [0.15, 0.2) is 15.9 Å². The second-order valence-electron chi connectivity index (χ2n) is 3.47. The number of ether oxygens (including phenoxy) is 1. The molecule has 0 unspecified atom stereocenters. The summed E-state index contributed by atoms with van der Waals surface area (Å²) in [6.45, 7) is 1.45. The Morgan fingerprint density at radius 2 is 1.88 bits per heavy atom. The van der Waals surface area contributed by atoms with E-state index in [1.807, 2.05) is 0 Å². The number of carbonyl (C=O) groups excluding carboxylic acids is 1. The van der Waals surface area contributed by atoms with E-state index in [0.717, 1.165) is 6.26 Å². The third-order valence-corrected chi connectivity index (χ3v) is 3.11. The maximum absolute atomic E-state index is 11.5. The van der Waals surface area contributed by atoms with Crippen molar-refractivity contribution in [1.29, 1.82) is 5.26 Å². The lowest BCUT2D eigenvalue weighted by Crippen LogP contribution is -2.13. The quantitative estimate of drug-likeness (QED) is 0.755. The van der Waals surface area contributed by atoms with E-state index in [9.17, 15) is 13.2 Å². The van der Waals surface area contributed by atoms with Crippen molar-refractivity contribution in [2.75, 3.05) is 6.26 Å². The summed E-state index contributed by atoms with van der Waals surface area (Å²) in [6.07, 6.45) is 0.245. The largest absolute Gasteiger partial charge is 0.444 e. The van der Waals surface area contributed by atoms with Crippen LogP contribution >= 0.6 is 0 Å². The van der Waals surface area contributed by atoms with E-state index in [4.69, 9.17) is 10.00 Å². The molecule has 0 aliphatic carbocycles. The van der Waals surface area contributed by atoms with E-state index in [-0.39, 0.29) is 10.5 Å². The third-order valence-electron chi connectivity index (χ3n) is 1.98. The molecule has 0 aromatic heterocycles. The average molecular weight is 253 g/mol. The average Bonchev–Trinajstić information content (AvgIpc) is 2.27. The van der Waals surface area contributed by atoms with E-state index in [0.29, 0.717) is 0 Å². The van der Waals surface area contributed by atoms with Crippen molar-refractivity contribution >= 4 is 15.8 Å². The van der Waals surface area contributed by atoms with Gasteiger partial charge in [-0.2, -0.15) is 5.26 Å². The first-order chi connectivity index (χ1) is 7.84. The van der Waals surface area contributed by atoms with Gasteiger partial charge in [0.2, 0.25) is 0 Å². The molecule has 1 atom stereocenters. The fourth-order valence-corrected chi connectivity index (χ4v) is 1.72. The van der Waals surface area contributed by atoms with Crippen LogP contribution in [0.4, 0.5) is 0 Å². The molecule has 0 spiro atoms. The van der Waals surface area contributed by atoms with E-state index in [1.54, 1.807) is 6.07 Å². The van der Waals surface area contributed by atoms with E-state index >= 15 is 0 Å². The summed E-state index contributed by atoms with van der Waals surface area (Å²) in [4.78, 5) is 11.6. The van der Waals surface area contributed by atoms with Crippen LogP contribution in [0, 0.1) is 11.3 Å². The van der Waals surface area contributed by atoms with Crippen LogP contribution in [-0.2, 0) is 14.6 Å². The highest BCUT2D eigenvalue weighted by atomic mass is 32.2. The number of benzene rings is 1. The molecule has 0 heterocycles. The molecule has 90 valence electrons. The Bertz CT molecular complexity index is 554. The van der Waals surface area contributed by atoms with Gasteiger partial charge >= 0.3 is 5.97 Å². The van der Waals surface area contributed by atoms with Crippen LogP contribution in [0.3, 0.4) is 0 Å². The van der Waals surface area contributed by atoms with Crippen LogP contribution in [-0.4, -0.2) is 26.7 Å². The summed E-state index contributed by atoms with van der Waals surface area (Å²) in [5.41, 5.74) is 0.208. The monoisotopic (exact) mass is 253 g/mol. The zero-order valence-electron chi connectivity index (χ0n) is 9.38. The standard InChI is InChI=1S/C11H11NO4S/c1-8(7-12)16-11(13)9-3-5-10(6-4-9)17(2,14)15/h3-6,8H,1-2H3/t8-/m0/s1. The Balaban J connectivity index is 2.89. The van der Waals surface area contributed by atoms with Crippen molar-refractivity contribution in [1.82, 2.24) is 0 Å². The minimum Gasteiger partial charge on any atom is -0.444 e. The van der Waals surface area contributed by atoms with Crippen LogP contribution < -0.4 is 0 Å². The lowest BCUT2D eigenvalue weighted by molar-refractivity contribution is 0.0435. The first kappa shape index (κ1) is 13.2. The number of sulfone groups is 1. The lowest BCUT2D eigenvalue weighted by atomic mass is 10.2. The van der Waals surface area contributed by atoms with E-state index in [2.05, 4.69) is 0 Å². The van der Waals surface area contributed by atoms with Crippen molar-refractivity contribution in [3.63, 3.8) is 0 Å². The fourth-order valence-electron chi connectivity index (χ4n) is 1.09. The molecule has 0 saturated heterocycles. The lowest BCUT2D eigenvalue weighted by Gasteiger charge is -2.06. The summed E-state index contributed by atoms with van der Waals surface area (Å²) >= 11 is 0. The predicted octanol–water partition coefficient (Wildman–Crippen LogP) is 1.16. The number of nitriles is 1. The van der Waals surface area contributed by atoms with E-state index in [1.165, 1.54) is 31.2 Å². The number of hydrogen-bond acceptors (Lipinski definition) is 5. The molecule has 0 aliphatic rings. The topological polar surface area (TPSA) is 84.2 Å². The van der Waals surface area contributed by atoms with Crippen molar-refractivity contribution in [2.45, 2.75) is 17.9 Å². The Kier molecular flexibility index (Phi) is 3.86. The summed E-state index contributed by atoms with van der Waals surface area (Å²) in [5.74, 6) is -0.654. The molecule has 0 fully saturated rings.